The SMILES string of the molecule is CNC(C1CCOCC1)C1Cc2ccccc2S1. The Hall–Kier alpha value is -0.510. The van der Waals surface area contributed by atoms with Gasteiger partial charge in [0.05, 0.1) is 0 Å². The molecule has 0 aliphatic carbocycles. The van der Waals surface area contributed by atoms with Crippen molar-refractivity contribution >= 4 is 11.8 Å². The lowest BCUT2D eigenvalue weighted by Gasteiger charge is -2.33. The Balaban J connectivity index is 1.71. The molecule has 0 bridgehead atoms. The standard InChI is InChI=1S/C15H21NOS/c1-16-15(11-6-8-17-9-7-11)14-10-12-4-2-3-5-13(12)18-14/h2-5,11,14-16H,6-10H2,1H3. The average Bonchev–Trinajstić information content (AvgIpc) is 2.84. The van der Waals surface area contributed by atoms with Crippen molar-refractivity contribution in [2.45, 2.75) is 35.4 Å². The summed E-state index contributed by atoms with van der Waals surface area (Å²) in [6.07, 6.45) is 3.63. The zero-order valence-electron chi connectivity index (χ0n) is 10.9. The van der Waals surface area contributed by atoms with Crippen molar-refractivity contribution in [2.24, 2.45) is 5.92 Å². The van der Waals surface area contributed by atoms with Crippen molar-refractivity contribution in [2.75, 3.05) is 20.3 Å². The van der Waals surface area contributed by atoms with E-state index in [-0.39, 0.29) is 0 Å². The Morgan fingerprint density at radius 3 is 2.78 bits per heavy atom. The fourth-order valence-electron chi connectivity index (χ4n) is 3.21. The van der Waals surface area contributed by atoms with Crippen LogP contribution in [-0.2, 0) is 11.2 Å². The second kappa shape index (κ2) is 5.64. The van der Waals surface area contributed by atoms with Crippen molar-refractivity contribution in [1.82, 2.24) is 5.32 Å². The van der Waals surface area contributed by atoms with Crippen molar-refractivity contribution in [1.29, 1.82) is 0 Å². The fraction of sp³-hybridized carbons (Fsp3) is 0.600. The fourth-order valence-corrected chi connectivity index (χ4v) is 4.76. The summed E-state index contributed by atoms with van der Waals surface area (Å²) in [4.78, 5) is 1.48. The number of thioether (sulfide) groups is 1. The summed E-state index contributed by atoms with van der Waals surface area (Å²) in [5, 5.41) is 4.26. The predicted octanol–water partition coefficient (Wildman–Crippen LogP) is 2.72. The van der Waals surface area contributed by atoms with E-state index in [0.717, 1.165) is 19.1 Å². The average molecular weight is 263 g/mol. The van der Waals surface area contributed by atoms with E-state index in [9.17, 15) is 0 Å². The molecule has 2 aliphatic rings. The van der Waals surface area contributed by atoms with Crippen LogP contribution in [0.1, 0.15) is 18.4 Å². The molecule has 98 valence electrons. The van der Waals surface area contributed by atoms with Gasteiger partial charge in [-0.25, -0.2) is 0 Å². The minimum Gasteiger partial charge on any atom is -0.381 e. The molecule has 2 atom stereocenters. The lowest BCUT2D eigenvalue weighted by atomic mass is 9.88. The highest BCUT2D eigenvalue weighted by molar-refractivity contribution is 8.00. The van der Waals surface area contributed by atoms with Crippen LogP contribution in [0.3, 0.4) is 0 Å². The van der Waals surface area contributed by atoms with Gasteiger partial charge in [-0.05, 0) is 43.9 Å². The van der Waals surface area contributed by atoms with Crippen LogP contribution in [0.5, 0.6) is 0 Å². The maximum absolute atomic E-state index is 5.48. The van der Waals surface area contributed by atoms with Gasteiger partial charge >= 0.3 is 0 Å². The molecule has 18 heavy (non-hydrogen) atoms. The van der Waals surface area contributed by atoms with Gasteiger partial charge in [0.2, 0.25) is 0 Å². The summed E-state index contributed by atoms with van der Waals surface area (Å²) in [6, 6.07) is 9.46. The number of fused-ring (bicyclic) bond motifs is 1. The van der Waals surface area contributed by atoms with E-state index in [4.69, 9.17) is 4.74 Å². The van der Waals surface area contributed by atoms with Gasteiger partial charge in [-0.1, -0.05) is 18.2 Å². The van der Waals surface area contributed by atoms with Crippen molar-refractivity contribution in [3.05, 3.63) is 29.8 Å². The molecule has 1 fully saturated rings. The van der Waals surface area contributed by atoms with Crippen LogP contribution in [0.15, 0.2) is 29.2 Å². The van der Waals surface area contributed by atoms with Crippen molar-refractivity contribution in [3.63, 3.8) is 0 Å². The number of ether oxygens (including phenoxy) is 1. The summed E-state index contributed by atoms with van der Waals surface area (Å²) in [7, 11) is 2.11. The molecule has 1 aromatic carbocycles. The minimum atomic E-state index is 0.617. The molecule has 0 spiro atoms. The Morgan fingerprint density at radius 2 is 2.06 bits per heavy atom. The number of hydrogen-bond acceptors (Lipinski definition) is 3. The van der Waals surface area contributed by atoms with Gasteiger partial charge in [0.1, 0.15) is 0 Å². The normalized spacial score (nSPS) is 25.9. The summed E-state index contributed by atoms with van der Waals surface area (Å²) >= 11 is 2.06. The summed E-state index contributed by atoms with van der Waals surface area (Å²) in [5.74, 6) is 0.774. The van der Waals surface area contributed by atoms with Crippen LogP contribution in [0.25, 0.3) is 0 Å². The van der Waals surface area contributed by atoms with Gasteiger partial charge in [-0.2, -0.15) is 0 Å². The molecule has 1 N–H and O–H groups in total. The topological polar surface area (TPSA) is 21.3 Å². The highest BCUT2D eigenvalue weighted by Gasteiger charge is 2.34. The molecule has 0 amide bonds. The van der Waals surface area contributed by atoms with E-state index in [0.29, 0.717) is 11.3 Å². The molecule has 0 aromatic heterocycles. The Kier molecular flexibility index (Phi) is 3.92. The smallest absolute Gasteiger partial charge is 0.0469 e. The van der Waals surface area contributed by atoms with E-state index in [2.05, 4.69) is 48.4 Å². The van der Waals surface area contributed by atoms with Gasteiger partial charge in [0.25, 0.3) is 0 Å². The third-order valence-corrected chi connectivity index (χ3v) is 5.59. The van der Waals surface area contributed by atoms with Crippen LogP contribution in [0.2, 0.25) is 0 Å². The Morgan fingerprint density at radius 1 is 1.28 bits per heavy atom. The van der Waals surface area contributed by atoms with Gasteiger partial charge in [-0.15, -0.1) is 11.8 Å². The molecule has 3 rings (SSSR count). The van der Waals surface area contributed by atoms with Crippen LogP contribution in [-0.4, -0.2) is 31.6 Å². The summed E-state index contributed by atoms with van der Waals surface area (Å²) < 4.78 is 5.48. The molecule has 0 radical (unpaired) electrons. The van der Waals surface area contributed by atoms with Crippen LogP contribution >= 0.6 is 11.8 Å². The molecular formula is C15H21NOS. The van der Waals surface area contributed by atoms with E-state index >= 15 is 0 Å². The van der Waals surface area contributed by atoms with Crippen LogP contribution < -0.4 is 5.32 Å². The first-order chi connectivity index (χ1) is 8.88. The molecule has 1 saturated heterocycles. The van der Waals surface area contributed by atoms with Crippen LogP contribution in [0, 0.1) is 5.92 Å². The third kappa shape index (κ3) is 2.44. The number of benzene rings is 1. The molecule has 3 heteroatoms. The summed E-state index contributed by atoms with van der Waals surface area (Å²) in [6.45, 7) is 1.88. The van der Waals surface area contributed by atoms with E-state index < -0.39 is 0 Å². The van der Waals surface area contributed by atoms with Gasteiger partial charge in [0.15, 0.2) is 0 Å². The summed E-state index contributed by atoms with van der Waals surface area (Å²) in [5.41, 5.74) is 1.53. The first-order valence-corrected chi connectivity index (χ1v) is 7.76. The Labute approximate surface area is 113 Å². The quantitative estimate of drug-likeness (QED) is 0.906. The highest BCUT2D eigenvalue weighted by Crippen LogP contribution is 2.40. The van der Waals surface area contributed by atoms with Gasteiger partial charge in [0, 0.05) is 29.4 Å². The van der Waals surface area contributed by atoms with E-state index in [1.807, 2.05) is 0 Å². The molecular weight excluding hydrogens is 242 g/mol. The van der Waals surface area contributed by atoms with Gasteiger partial charge in [-0.3, -0.25) is 0 Å². The molecule has 2 unspecified atom stereocenters. The second-order valence-electron chi connectivity index (χ2n) is 5.23. The largest absolute Gasteiger partial charge is 0.381 e. The number of nitrogens with one attached hydrogen (secondary N) is 1. The second-order valence-corrected chi connectivity index (χ2v) is 6.51. The number of rotatable bonds is 3. The predicted molar refractivity (Wildman–Crippen MR) is 76.2 cm³/mol. The maximum Gasteiger partial charge on any atom is 0.0469 e. The Bertz CT molecular complexity index is 378. The maximum atomic E-state index is 5.48. The zero-order chi connectivity index (χ0) is 12.4. The van der Waals surface area contributed by atoms with E-state index in [1.54, 1.807) is 0 Å². The van der Waals surface area contributed by atoms with E-state index in [1.165, 1.54) is 29.7 Å². The first kappa shape index (κ1) is 12.5. The zero-order valence-corrected chi connectivity index (χ0v) is 11.7. The highest BCUT2D eigenvalue weighted by atomic mass is 32.2. The number of hydrogen-bond donors (Lipinski definition) is 1. The molecule has 1 aromatic rings. The lowest BCUT2D eigenvalue weighted by Crippen LogP contribution is -2.44. The third-order valence-electron chi connectivity index (χ3n) is 4.18. The van der Waals surface area contributed by atoms with Crippen molar-refractivity contribution < 1.29 is 4.74 Å². The molecule has 2 nitrogen and oxygen atoms in total. The molecule has 2 aliphatic heterocycles. The van der Waals surface area contributed by atoms with Crippen LogP contribution in [0.4, 0.5) is 0 Å². The first-order valence-electron chi connectivity index (χ1n) is 6.88. The minimum absolute atomic E-state index is 0.617. The van der Waals surface area contributed by atoms with Crippen molar-refractivity contribution in [3.8, 4) is 0 Å². The van der Waals surface area contributed by atoms with Gasteiger partial charge < -0.3 is 10.1 Å². The monoisotopic (exact) mass is 263 g/mol. The molecule has 2 heterocycles. The molecule has 0 saturated carbocycles. The lowest BCUT2D eigenvalue weighted by molar-refractivity contribution is 0.0545.